The fraction of sp³-hybridized carbons (Fsp3) is 0. The molecule has 2 aromatic heterocycles. The summed E-state index contributed by atoms with van der Waals surface area (Å²) < 4.78 is 5.74. The Balaban J connectivity index is 1.70. The van der Waals surface area contributed by atoms with Crippen molar-refractivity contribution in [3.63, 3.8) is 0 Å². The van der Waals surface area contributed by atoms with Gasteiger partial charge >= 0.3 is 0 Å². The standard InChI is InChI=1S/C22H12Cl2N2O2S/c23-14-6-7-15(17(24)10-14)19-8-9-20(28-19)21(27)16(11-25)22-26-18(12-29-22)13-4-2-1-3-5-13/h1-10,12,27H/b21-16-. The third-order valence-corrected chi connectivity index (χ3v) is 5.58. The van der Waals surface area contributed by atoms with Gasteiger partial charge in [0.1, 0.15) is 22.4 Å². The van der Waals surface area contributed by atoms with Gasteiger partial charge in [-0.15, -0.1) is 11.3 Å². The van der Waals surface area contributed by atoms with E-state index in [1.54, 1.807) is 30.3 Å². The van der Waals surface area contributed by atoms with Crippen LogP contribution in [-0.2, 0) is 0 Å². The Morgan fingerprint density at radius 3 is 2.59 bits per heavy atom. The zero-order valence-electron chi connectivity index (χ0n) is 14.8. The molecule has 29 heavy (non-hydrogen) atoms. The molecule has 0 fully saturated rings. The van der Waals surface area contributed by atoms with E-state index >= 15 is 0 Å². The SMILES string of the molecule is N#C/C(=C(/O)c1ccc(-c2ccc(Cl)cc2Cl)o1)c1nc(-c2ccccc2)cs1. The van der Waals surface area contributed by atoms with Crippen LogP contribution in [0.4, 0.5) is 0 Å². The van der Waals surface area contributed by atoms with Crippen molar-refractivity contribution in [1.82, 2.24) is 4.98 Å². The predicted octanol–water partition coefficient (Wildman–Crippen LogP) is 7.33. The van der Waals surface area contributed by atoms with E-state index in [4.69, 9.17) is 27.6 Å². The molecule has 7 heteroatoms. The van der Waals surface area contributed by atoms with Crippen LogP contribution in [0.3, 0.4) is 0 Å². The summed E-state index contributed by atoms with van der Waals surface area (Å²) in [4.78, 5) is 4.49. The highest BCUT2D eigenvalue weighted by Gasteiger charge is 2.19. The minimum absolute atomic E-state index is 0.0419. The van der Waals surface area contributed by atoms with Gasteiger partial charge in [-0.1, -0.05) is 53.5 Å². The van der Waals surface area contributed by atoms with Gasteiger partial charge in [0.05, 0.1) is 10.7 Å². The third kappa shape index (κ3) is 3.92. The van der Waals surface area contributed by atoms with Crippen molar-refractivity contribution >= 4 is 45.9 Å². The molecule has 0 saturated carbocycles. The summed E-state index contributed by atoms with van der Waals surface area (Å²) >= 11 is 13.4. The Morgan fingerprint density at radius 1 is 1.07 bits per heavy atom. The summed E-state index contributed by atoms with van der Waals surface area (Å²) in [5.74, 6) is 0.325. The lowest BCUT2D eigenvalue weighted by Crippen LogP contribution is -1.89. The minimum atomic E-state index is -0.280. The minimum Gasteiger partial charge on any atom is -0.503 e. The van der Waals surface area contributed by atoms with Crippen molar-refractivity contribution in [2.24, 2.45) is 0 Å². The molecular formula is C22H12Cl2N2O2S. The number of hydrogen-bond donors (Lipinski definition) is 1. The molecule has 2 heterocycles. The van der Waals surface area contributed by atoms with Gasteiger partial charge in [0, 0.05) is 21.5 Å². The van der Waals surface area contributed by atoms with E-state index in [0.29, 0.717) is 26.4 Å². The van der Waals surface area contributed by atoms with Crippen LogP contribution in [0.5, 0.6) is 0 Å². The molecule has 0 aliphatic rings. The number of rotatable bonds is 4. The average Bonchev–Trinajstić information content (AvgIpc) is 3.39. The zero-order chi connectivity index (χ0) is 20.4. The molecule has 0 aliphatic heterocycles. The Hall–Kier alpha value is -3.04. The van der Waals surface area contributed by atoms with E-state index in [-0.39, 0.29) is 17.1 Å². The van der Waals surface area contributed by atoms with Crippen molar-refractivity contribution in [1.29, 1.82) is 5.26 Å². The molecule has 0 unspecified atom stereocenters. The number of halogens is 2. The first-order valence-corrected chi connectivity index (χ1v) is 10.1. The fourth-order valence-electron chi connectivity index (χ4n) is 2.75. The first kappa shape index (κ1) is 19.3. The molecule has 0 radical (unpaired) electrons. The number of allylic oxidation sites excluding steroid dienone is 1. The third-order valence-electron chi connectivity index (χ3n) is 4.17. The van der Waals surface area contributed by atoms with Gasteiger partial charge in [-0.2, -0.15) is 5.26 Å². The Morgan fingerprint density at radius 2 is 1.86 bits per heavy atom. The maximum absolute atomic E-state index is 10.7. The summed E-state index contributed by atoms with van der Waals surface area (Å²) in [5.41, 5.74) is 2.35. The smallest absolute Gasteiger partial charge is 0.179 e. The first-order valence-electron chi connectivity index (χ1n) is 8.47. The summed E-state index contributed by atoms with van der Waals surface area (Å²) in [6.07, 6.45) is 0. The molecule has 4 nitrogen and oxygen atoms in total. The number of hydrogen-bond acceptors (Lipinski definition) is 5. The van der Waals surface area contributed by atoms with Gasteiger partial charge in [-0.3, -0.25) is 0 Å². The molecule has 142 valence electrons. The second kappa shape index (κ2) is 8.14. The maximum atomic E-state index is 10.7. The number of benzene rings is 2. The molecular weight excluding hydrogens is 427 g/mol. The number of furan rings is 1. The summed E-state index contributed by atoms with van der Waals surface area (Å²) in [6, 6.07) is 19.9. The van der Waals surface area contributed by atoms with Gasteiger partial charge in [-0.05, 0) is 30.3 Å². The topological polar surface area (TPSA) is 70.0 Å². The van der Waals surface area contributed by atoms with E-state index < -0.39 is 0 Å². The van der Waals surface area contributed by atoms with E-state index in [9.17, 15) is 10.4 Å². The second-order valence-corrected chi connectivity index (χ2v) is 7.73. The van der Waals surface area contributed by atoms with Gasteiger partial charge in [0.2, 0.25) is 0 Å². The Bertz CT molecular complexity index is 1250. The van der Waals surface area contributed by atoms with E-state index in [1.165, 1.54) is 11.3 Å². The van der Waals surface area contributed by atoms with Gasteiger partial charge in [-0.25, -0.2) is 4.98 Å². The summed E-state index contributed by atoms with van der Waals surface area (Å²) in [5, 5.41) is 23.5. The predicted molar refractivity (Wildman–Crippen MR) is 117 cm³/mol. The van der Waals surface area contributed by atoms with Crippen LogP contribution in [0, 0.1) is 11.3 Å². The van der Waals surface area contributed by atoms with E-state index in [0.717, 1.165) is 11.3 Å². The van der Waals surface area contributed by atoms with Crippen molar-refractivity contribution in [3.8, 4) is 28.7 Å². The first-order chi connectivity index (χ1) is 14.1. The quantitative estimate of drug-likeness (QED) is 0.267. The number of aromatic nitrogens is 1. The van der Waals surface area contributed by atoms with E-state index in [1.807, 2.05) is 41.8 Å². The molecule has 0 amide bonds. The van der Waals surface area contributed by atoms with Crippen LogP contribution < -0.4 is 0 Å². The van der Waals surface area contributed by atoms with Gasteiger partial charge < -0.3 is 9.52 Å². The number of aliphatic hydroxyl groups is 1. The van der Waals surface area contributed by atoms with E-state index in [2.05, 4.69) is 4.98 Å². The van der Waals surface area contributed by atoms with Crippen LogP contribution in [-0.4, -0.2) is 10.1 Å². The lowest BCUT2D eigenvalue weighted by atomic mass is 10.2. The normalized spacial score (nSPS) is 11.8. The van der Waals surface area contributed by atoms with Crippen LogP contribution >= 0.6 is 34.5 Å². The van der Waals surface area contributed by atoms with Crippen molar-refractivity contribution < 1.29 is 9.52 Å². The lowest BCUT2D eigenvalue weighted by molar-refractivity contribution is 0.466. The molecule has 0 bridgehead atoms. The summed E-state index contributed by atoms with van der Waals surface area (Å²) in [6.45, 7) is 0. The number of aliphatic hydroxyl groups excluding tert-OH is 1. The molecule has 0 spiro atoms. The Labute approximate surface area is 180 Å². The maximum Gasteiger partial charge on any atom is 0.179 e. The second-order valence-electron chi connectivity index (χ2n) is 6.03. The number of thiazole rings is 1. The molecule has 0 saturated heterocycles. The van der Waals surface area contributed by atoms with Gasteiger partial charge in [0.15, 0.2) is 11.5 Å². The molecule has 0 atom stereocenters. The fourth-order valence-corrected chi connectivity index (χ4v) is 4.08. The highest BCUT2D eigenvalue weighted by Crippen LogP contribution is 2.35. The van der Waals surface area contributed by atoms with Crippen molar-refractivity contribution in [2.45, 2.75) is 0 Å². The highest BCUT2D eigenvalue weighted by molar-refractivity contribution is 7.11. The molecule has 4 rings (SSSR count). The average molecular weight is 439 g/mol. The van der Waals surface area contributed by atoms with Crippen LogP contribution in [0.15, 0.2) is 70.5 Å². The Kier molecular flexibility index (Phi) is 5.41. The van der Waals surface area contributed by atoms with Crippen LogP contribution in [0.1, 0.15) is 10.8 Å². The highest BCUT2D eigenvalue weighted by atomic mass is 35.5. The lowest BCUT2D eigenvalue weighted by Gasteiger charge is -2.02. The van der Waals surface area contributed by atoms with Crippen molar-refractivity contribution in [3.05, 3.63) is 86.9 Å². The summed E-state index contributed by atoms with van der Waals surface area (Å²) in [7, 11) is 0. The largest absolute Gasteiger partial charge is 0.503 e. The van der Waals surface area contributed by atoms with Crippen molar-refractivity contribution in [2.75, 3.05) is 0 Å². The molecule has 2 aromatic carbocycles. The zero-order valence-corrected chi connectivity index (χ0v) is 17.1. The molecule has 0 aliphatic carbocycles. The monoisotopic (exact) mass is 438 g/mol. The molecule has 4 aromatic rings. The number of nitriles is 1. The van der Waals surface area contributed by atoms with Crippen LogP contribution in [0.2, 0.25) is 10.0 Å². The molecule has 1 N–H and O–H groups in total. The number of nitrogens with zero attached hydrogens (tertiary/aromatic N) is 2. The van der Waals surface area contributed by atoms with Crippen LogP contribution in [0.25, 0.3) is 33.9 Å². The van der Waals surface area contributed by atoms with Gasteiger partial charge in [0.25, 0.3) is 0 Å².